The number of ether oxygens (including phenoxy) is 1. The minimum Gasteiger partial charge on any atom is -0.402 e. The van der Waals surface area contributed by atoms with Crippen LogP contribution in [0.4, 0.5) is 11.1 Å². The van der Waals surface area contributed by atoms with Gasteiger partial charge in [-0.05, 0) is 12.8 Å². The monoisotopic (exact) mass is 293 g/mol. The highest BCUT2D eigenvalue weighted by atomic mass is 32.1. The molecule has 1 saturated heterocycles. The zero-order valence-corrected chi connectivity index (χ0v) is 11.7. The molecule has 2 fully saturated rings. The van der Waals surface area contributed by atoms with Gasteiger partial charge in [0.25, 0.3) is 5.89 Å². The molecule has 1 aliphatic carbocycles. The predicted octanol–water partition coefficient (Wildman–Crippen LogP) is 1.60. The summed E-state index contributed by atoms with van der Waals surface area (Å²) in [6.45, 7) is 3.27. The third-order valence-corrected chi connectivity index (χ3v) is 4.22. The highest BCUT2D eigenvalue weighted by molar-refractivity contribution is 7.14. The van der Waals surface area contributed by atoms with E-state index in [1.54, 1.807) is 11.3 Å². The highest BCUT2D eigenvalue weighted by Crippen LogP contribution is 2.29. The van der Waals surface area contributed by atoms with E-state index in [9.17, 15) is 0 Å². The van der Waals surface area contributed by atoms with Crippen molar-refractivity contribution >= 4 is 22.5 Å². The molecule has 0 atom stereocenters. The number of rotatable bonds is 4. The number of thiazole rings is 1. The van der Waals surface area contributed by atoms with Crippen LogP contribution in [0.5, 0.6) is 0 Å². The second-order valence-electron chi connectivity index (χ2n) is 4.95. The van der Waals surface area contributed by atoms with Crippen LogP contribution in [0.25, 0.3) is 11.6 Å². The quantitative estimate of drug-likeness (QED) is 0.917. The van der Waals surface area contributed by atoms with Gasteiger partial charge in [0, 0.05) is 24.5 Å². The number of aromatic nitrogens is 3. The Labute approximate surface area is 120 Å². The average molecular weight is 293 g/mol. The van der Waals surface area contributed by atoms with Gasteiger partial charge in [-0.25, -0.2) is 4.98 Å². The number of nitrogens with one attached hydrogen (secondary N) is 1. The lowest BCUT2D eigenvalue weighted by molar-refractivity contribution is 0.122. The number of hydrogen-bond donors (Lipinski definition) is 1. The molecule has 0 radical (unpaired) electrons. The Morgan fingerprint density at radius 2 is 2.10 bits per heavy atom. The van der Waals surface area contributed by atoms with Crippen molar-refractivity contribution in [3.8, 4) is 11.6 Å². The summed E-state index contributed by atoms with van der Waals surface area (Å²) in [5.41, 5.74) is 0.743. The molecule has 4 rings (SSSR count). The fraction of sp³-hybridized carbons (Fsp3) is 0.583. The van der Waals surface area contributed by atoms with Gasteiger partial charge in [0.05, 0.1) is 13.2 Å². The third kappa shape index (κ3) is 2.48. The van der Waals surface area contributed by atoms with E-state index in [0.29, 0.717) is 17.9 Å². The molecule has 0 bridgehead atoms. The topological polar surface area (TPSA) is 76.3 Å². The predicted molar refractivity (Wildman–Crippen MR) is 75.1 cm³/mol. The van der Waals surface area contributed by atoms with Crippen LogP contribution < -0.4 is 10.2 Å². The molecule has 2 aliphatic rings. The van der Waals surface area contributed by atoms with Gasteiger partial charge in [0.2, 0.25) is 0 Å². The van der Waals surface area contributed by atoms with Gasteiger partial charge in [0.15, 0.2) is 5.13 Å². The fourth-order valence-corrected chi connectivity index (χ4v) is 2.90. The van der Waals surface area contributed by atoms with Crippen molar-refractivity contribution in [1.82, 2.24) is 15.2 Å². The Morgan fingerprint density at radius 1 is 1.25 bits per heavy atom. The van der Waals surface area contributed by atoms with E-state index in [0.717, 1.165) is 37.1 Å². The lowest BCUT2D eigenvalue weighted by Gasteiger charge is -2.25. The van der Waals surface area contributed by atoms with Crippen LogP contribution in [-0.2, 0) is 4.74 Å². The first kappa shape index (κ1) is 12.1. The van der Waals surface area contributed by atoms with Crippen LogP contribution in [0.15, 0.2) is 9.80 Å². The van der Waals surface area contributed by atoms with E-state index in [4.69, 9.17) is 9.15 Å². The molecule has 0 unspecified atom stereocenters. The van der Waals surface area contributed by atoms with Crippen molar-refractivity contribution in [3.05, 3.63) is 5.38 Å². The second-order valence-corrected chi connectivity index (χ2v) is 5.78. The van der Waals surface area contributed by atoms with Crippen LogP contribution in [0.1, 0.15) is 12.8 Å². The summed E-state index contributed by atoms with van der Waals surface area (Å²) >= 11 is 1.60. The molecule has 2 aromatic heterocycles. The molecule has 7 nitrogen and oxygen atoms in total. The van der Waals surface area contributed by atoms with E-state index in [-0.39, 0.29) is 0 Å². The number of morpholine rings is 1. The van der Waals surface area contributed by atoms with Gasteiger partial charge in [0.1, 0.15) is 5.69 Å². The van der Waals surface area contributed by atoms with Crippen LogP contribution >= 0.6 is 11.3 Å². The summed E-state index contributed by atoms with van der Waals surface area (Å²) in [4.78, 5) is 6.80. The van der Waals surface area contributed by atoms with Crippen molar-refractivity contribution in [2.75, 3.05) is 36.5 Å². The summed E-state index contributed by atoms with van der Waals surface area (Å²) < 4.78 is 10.9. The lowest BCUT2D eigenvalue weighted by Crippen LogP contribution is -2.36. The van der Waals surface area contributed by atoms with Crippen LogP contribution in [0, 0.1) is 0 Å². The summed E-state index contributed by atoms with van der Waals surface area (Å²) in [6.07, 6.45) is 2.35. The first-order chi connectivity index (χ1) is 9.88. The molecule has 106 valence electrons. The Hall–Kier alpha value is -1.67. The van der Waals surface area contributed by atoms with Crippen LogP contribution in [0.3, 0.4) is 0 Å². The first-order valence-electron chi connectivity index (χ1n) is 6.77. The number of hydrogen-bond acceptors (Lipinski definition) is 8. The molecular weight excluding hydrogens is 278 g/mol. The molecule has 8 heteroatoms. The van der Waals surface area contributed by atoms with Crippen LogP contribution in [-0.4, -0.2) is 47.5 Å². The minimum absolute atomic E-state index is 0.476. The molecular formula is C12H15N5O2S. The molecule has 1 saturated carbocycles. The van der Waals surface area contributed by atoms with Gasteiger partial charge in [-0.2, -0.15) is 0 Å². The molecule has 0 aromatic carbocycles. The van der Waals surface area contributed by atoms with Crippen molar-refractivity contribution in [3.63, 3.8) is 0 Å². The standard InChI is InChI=1S/C12H15N5O2S/c1-2-8(1)13-11-16-15-10(19-11)9-7-20-12(14-9)17-3-5-18-6-4-17/h7-8H,1-6H2,(H,13,16). The van der Waals surface area contributed by atoms with Crippen molar-refractivity contribution in [2.45, 2.75) is 18.9 Å². The fourth-order valence-electron chi connectivity index (χ4n) is 2.05. The maximum Gasteiger partial charge on any atom is 0.316 e. The van der Waals surface area contributed by atoms with Gasteiger partial charge >= 0.3 is 6.01 Å². The summed E-state index contributed by atoms with van der Waals surface area (Å²) in [6, 6.07) is 0.992. The Kier molecular flexibility index (Phi) is 3.04. The van der Waals surface area contributed by atoms with E-state index < -0.39 is 0 Å². The molecule has 3 heterocycles. The first-order valence-corrected chi connectivity index (χ1v) is 7.65. The Bertz CT molecular complexity index is 588. The number of nitrogens with zero attached hydrogens (tertiary/aromatic N) is 4. The van der Waals surface area contributed by atoms with Gasteiger partial charge in [-0.15, -0.1) is 16.4 Å². The van der Waals surface area contributed by atoms with E-state index in [1.165, 1.54) is 12.8 Å². The lowest BCUT2D eigenvalue weighted by atomic mass is 10.4. The maximum absolute atomic E-state index is 5.59. The normalized spacial score (nSPS) is 19.3. The molecule has 0 amide bonds. The van der Waals surface area contributed by atoms with Gasteiger partial charge in [-0.1, -0.05) is 5.10 Å². The molecule has 1 aliphatic heterocycles. The van der Waals surface area contributed by atoms with Crippen molar-refractivity contribution in [2.24, 2.45) is 0 Å². The third-order valence-electron chi connectivity index (χ3n) is 3.32. The zero-order chi connectivity index (χ0) is 13.4. The van der Waals surface area contributed by atoms with E-state index in [1.807, 2.05) is 5.38 Å². The number of anilines is 2. The highest BCUT2D eigenvalue weighted by Gasteiger charge is 2.24. The maximum atomic E-state index is 5.59. The second kappa shape index (κ2) is 5.02. The van der Waals surface area contributed by atoms with Crippen LogP contribution in [0.2, 0.25) is 0 Å². The zero-order valence-electron chi connectivity index (χ0n) is 10.9. The van der Waals surface area contributed by atoms with Gasteiger partial charge < -0.3 is 19.4 Å². The average Bonchev–Trinajstić information content (AvgIpc) is 2.99. The molecule has 20 heavy (non-hydrogen) atoms. The molecule has 0 spiro atoms. The SMILES string of the molecule is c1sc(N2CCOCC2)nc1-c1nnc(NC2CC2)o1. The van der Waals surface area contributed by atoms with Gasteiger partial charge in [-0.3, -0.25) is 0 Å². The van der Waals surface area contributed by atoms with E-state index >= 15 is 0 Å². The Morgan fingerprint density at radius 3 is 2.90 bits per heavy atom. The largest absolute Gasteiger partial charge is 0.402 e. The summed E-state index contributed by atoms with van der Waals surface area (Å²) in [7, 11) is 0. The molecule has 1 N–H and O–H groups in total. The molecule has 2 aromatic rings. The minimum atomic E-state index is 0.476. The Balaban J connectivity index is 1.49. The van der Waals surface area contributed by atoms with Crippen molar-refractivity contribution in [1.29, 1.82) is 0 Å². The summed E-state index contributed by atoms with van der Waals surface area (Å²) in [5.74, 6) is 0.476. The smallest absolute Gasteiger partial charge is 0.316 e. The van der Waals surface area contributed by atoms with E-state index in [2.05, 4.69) is 25.4 Å². The summed E-state index contributed by atoms with van der Waals surface area (Å²) in [5, 5.41) is 14.2. The van der Waals surface area contributed by atoms with Crippen molar-refractivity contribution < 1.29 is 9.15 Å².